The maximum Gasteiger partial charge on any atom is 0.231 e. The molecule has 0 amide bonds. The largest absolute Gasteiger partial charge is 0.467 e. The molecule has 2 aromatic rings. The summed E-state index contributed by atoms with van der Waals surface area (Å²) in [6.45, 7) is 0.821. The molecule has 0 spiro atoms. The standard InChI is InChI=1S/C15H14N2O4/c16-15-7-11(12-2-1-5-18-12)17(21-15)8-10-3-4-13-14(6-10)20-9-19-13/h1-7,11H,8-9,16H2. The lowest BCUT2D eigenvalue weighted by molar-refractivity contribution is -0.131. The Balaban J connectivity index is 1.56. The van der Waals surface area contributed by atoms with E-state index in [1.54, 1.807) is 11.3 Å². The number of rotatable bonds is 3. The molecule has 0 bridgehead atoms. The topological polar surface area (TPSA) is 70.1 Å². The third kappa shape index (κ3) is 2.19. The van der Waals surface area contributed by atoms with Crippen molar-refractivity contribution in [1.29, 1.82) is 0 Å². The van der Waals surface area contributed by atoms with E-state index in [1.165, 1.54) is 0 Å². The Morgan fingerprint density at radius 1 is 1.19 bits per heavy atom. The summed E-state index contributed by atoms with van der Waals surface area (Å²) < 4.78 is 16.1. The molecular weight excluding hydrogens is 272 g/mol. The molecule has 1 unspecified atom stereocenters. The van der Waals surface area contributed by atoms with Crippen LogP contribution in [-0.4, -0.2) is 11.9 Å². The van der Waals surface area contributed by atoms with Gasteiger partial charge in [0.25, 0.3) is 0 Å². The molecule has 108 valence electrons. The van der Waals surface area contributed by atoms with Gasteiger partial charge in [-0.3, -0.25) is 0 Å². The van der Waals surface area contributed by atoms with Gasteiger partial charge in [0.05, 0.1) is 12.8 Å². The van der Waals surface area contributed by atoms with Crippen LogP contribution in [0.1, 0.15) is 17.4 Å². The zero-order valence-corrected chi connectivity index (χ0v) is 11.2. The number of nitrogens with two attached hydrogens (primary N) is 1. The fraction of sp³-hybridized carbons (Fsp3) is 0.200. The third-order valence-electron chi connectivity index (χ3n) is 3.47. The first-order chi connectivity index (χ1) is 10.3. The lowest BCUT2D eigenvalue weighted by Gasteiger charge is -2.21. The molecule has 2 aliphatic heterocycles. The van der Waals surface area contributed by atoms with Crippen molar-refractivity contribution < 1.29 is 18.7 Å². The Morgan fingerprint density at radius 3 is 2.95 bits per heavy atom. The van der Waals surface area contributed by atoms with Crippen LogP contribution in [0.25, 0.3) is 0 Å². The minimum Gasteiger partial charge on any atom is -0.467 e. The van der Waals surface area contributed by atoms with E-state index in [9.17, 15) is 0 Å². The Morgan fingerprint density at radius 2 is 2.10 bits per heavy atom. The maximum absolute atomic E-state index is 5.78. The normalized spacial score (nSPS) is 20.4. The predicted molar refractivity (Wildman–Crippen MR) is 72.9 cm³/mol. The highest BCUT2D eigenvalue weighted by atomic mass is 16.7. The lowest BCUT2D eigenvalue weighted by atomic mass is 10.1. The summed E-state index contributed by atoms with van der Waals surface area (Å²) in [7, 11) is 0. The van der Waals surface area contributed by atoms with Crippen LogP contribution in [0.4, 0.5) is 0 Å². The van der Waals surface area contributed by atoms with E-state index in [0.29, 0.717) is 12.4 Å². The van der Waals surface area contributed by atoms with E-state index in [-0.39, 0.29) is 12.8 Å². The highest BCUT2D eigenvalue weighted by Gasteiger charge is 2.29. The van der Waals surface area contributed by atoms with Gasteiger partial charge in [-0.25, -0.2) is 0 Å². The summed E-state index contributed by atoms with van der Waals surface area (Å²) >= 11 is 0. The summed E-state index contributed by atoms with van der Waals surface area (Å²) in [5.41, 5.74) is 6.82. The molecule has 2 N–H and O–H groups in total. The summed E-state index contributed by atoms with van der Waals surface area (Å²) in [6, 6.07) is 9.42. The third-order valence-corrected chi connectivity index (χ3v) is 3.47. The molecule has 2 aliphatic rings. The quantitative estimate of drug-likeness (QED) is 0.933. The van der Waals surface area contributed by atoms with Crippen LogP contribution in [0.3, 0.4) is 0 Å². The van der Waals surface area contributed by atoms with Gasteiger partial charge < -0.3 is 24.5 Å². The van der Waals surface area contributed by atoms with Crippen molar-refractivity contribution in [1.82, 2.24) is 5.06 Å². The van der Waals surface area contributed by atoms with Crippen LogP contribution < -0.4 is 15.2 Å². The van der Waals surface area contributed by atoms with Crippen LogP contribution in [-0.2, 0) is 11.4 Å². The Kier molecular flexibility index (Phi) is 2.75. The number of nitrogens with zero attached hydrogens (tertiary/aromatic N) is 1. The van der Waals surface area contributed by atoms with Crippen molar-refractivity contribution in [3.63, 3.8) is 0 Å². The summed E-state index contributed by atoms with van der Waals surface area (Å²) in [5.74, 6) is 2.68. The number of ether oxygens (including phenoxy) is 2. The summed E-state index contributed by atoms with van der Waals surface area (Å²) in [6.07, 6.45) is 3.46. The molecule has 21 heavy (non-hydrogen) atoms. The van der Waals surface area contributed by atoms with Gasteiger partial charge in [0, 0.05) is 6.08 Å². The van der Waals surface area contributed by atoms with Crippen LogP contribution in [0.5, 0.6) is 11.5 Å². The van der Waals surface area contributed by atoms with Crippen molar-refractivity contribution >= 4 is 0 Å². The minimum absolute atomic E-state index is 0.134. The van der Waals surface area contributed by atoms with Crippen LogP contribution >= 0.6 is 0 Å². The first-order valence-electron chi connectivity index (χ1n) is 6.63. The highest BCUT2D eigenvalue weighted by molar-refractivity contribution is 5.44. The number of hydrogen-bond acceptors (Lipinski definition) is 6. The monoisotopic (exact) mass is 286 g/mol. The first-order valence-corrected chi connectivity index (χ1v) is 6.63. The van der Waals surface area contributed by atoms with Crippen LogP contribution in [0.15, 0.2) is 53.0 Å². The van der Waals surface area contributed by atoms with Crippen molar-refractivity contribution in [2.24, 2.45) is 5.73 Å². The number of hydrogen-bond donors (Lipinski definition) is 1. The van der Waals surface area contributed by atoms with E-state index in [1.807, 2.05) is 36.4 Å². The van der Waals surface area contributed by atoms with Crippen LogP contribution in [0.2, 0.25) is 0 Å². The van der Waals surface area contributed by atoms with Crippen molar-refractivity contribution in [3.8, 4) is 11.5 Å². The smallest absolute Gasteiger partial charge is 0.231 e. The van der Waals surface area contributed by atoms with Gasteiger partial charge in [0.1, 0.15) is 11.8 Å². The van der Waals surface area contributed by atoms with Crippen LogP contribution in [0, 0.1) is 0 Å². The zero-order valence-electron chi connectivity index (χ0n) is 11.2. The number of fused-ring (bicyclic) bond motifs is 1. The Hall–Kier alpha value is -2.60. The average Bonchev–Trinajstić information content (AvgIpc) is 3.18. The molecule has 1 aromatic heterocycles. The summed E-state index contributed by atoms with van der Waals surface area (Å²) in [4.78, 5) is 5.56. The molecular formula is C15H14N2O4. The molecule has 0 aliphatic carbocycles. The van der Waals surface area contributed by atoms with Gasteiger partial charge in [-0.1, -0.05) is 6.07 Å². The fourth-order valence-corrected chi connectivity index (χ4v) is 2.49. The van der Waals surface area contributed by atoms with Gasteiger partial charge in [0.2, 0.25) is 12.7 Å². The van der Waals surface area contributed by atoms with Gasteiger partial charge >= 0.3 is 0 Å². The fourth-order valence-electron chi connectivity index (χ4n) is 2.49. The molecule has 1 atom stereocenters. The molecule has 4 rings (SSSR count). The molecule has 0 fully saturated rings. The molecule has 0 saturated carbocycles. The highest BCUT2D eigenvalue weighted by Crippen LogP contribution is 2.35. The van der Waals surface area contributed by atoms with Gasteiger partial charge in [-0.2, -0.15) is 0 Å². The van der Waals surface area contributed by atoms with E-state index in [2.05, 4.69) is 0 Å². The number of benzene rings is 1. The molecule has 3 heterocycles. The zero-order chi connectivity index (χ0) is 14.2. The summed E-state index contributed by atoms with van der Waals surface area (Å²) in [5, 5.41) is 1.77. The van der Waals surface area contributed by atoms with E-state index < -0.39 is 0 Å². The molecule has 6 nitrogen and oxygen atoms in total. The van der Waals surface area contributed by atoms with Gasteiger partial charge in [0.15, 0.2) is 11.5 Å². The number of hydroxylamine groups is 2. The SMILES string of the molecule is NC1=CC(c2ccco2)N(Cc2ccc3c(c2)OCO3)O1. The second-order valence-electron chi connectivity index (χ2n) is 4.88. The van der Waals surface area contributed by atoms with Gasteiger partial charge in [-0.05, 0) is 29.8 Å². The van der Waals surface area contributed by atoms with Crippen molar-refractivity contribution in [2.75, 3.05) is 6.79 Å². The average molecular weight is 286 g/mol. The molecule has 1 aromatic carbocycles. The molecule has 0 radical (unpaired) electrons. The second-order valence-corrected chi connectivity index (χ2v) is 4.88. The van der Waals surface area contributed by atoms with Gasteiger partial charge in [-0.15, -0.1) is 5.06 Å². The maximum atomic E-state index is 5.78. The van der Waals surface area contributed by atoms with Crippen molar-refractivity contribution in [3.05, 3.63) is 59.9 Å². The second kappa shape index (κ2) is 4.75. The first kappa shape index (κ1) is 12.2. The molecule has 6 heteroatoms. The van der Waals surface area contributed by atoms with E-state index >= 15 is 0 Å². The Bertz CT molecular complexity index is 681. The molecule has 0 saturated heterocycles. The van der Waals surface area contributed by atoms with E-state index in [4.69, 9.17) is 24.5 Å². The number of furan rings is 1. The predicted octanol–water partition coefficient (Wildman–Crippen LogP) is 2.30. The lowest BCUT2D eigenvalue weighted by Crippen LogP contribution is -2.22. The Labute approximate surface area is 121 Å². The van der Waals surface area contributed by atoms with E-state index in [0.717, 1.165) is 22.8 Å². The minimum atomic E-state index is -0.134. The van der Waals surface area contributed by atoms with Crippen molar-refractivity contribution in [2.45, 2.75) is 12.6 Å².